The average molecular weight is 175 g/mol. The van der Waals surface area contributed by atoms with Crippen molar-refractivity contribution in [3.63, 3.8) is 0 Å². The molecule has 1 N–H and O–H groups in total. The zero-order valence-electron chi connectivity index (χ0n) is 7.86. The van der Waals surface area contributed by atoms with Gasteiger partial charge in [-0.15, -0.1) is 0 Å². The van der Waals surface area contributed by atoms with Crippen LogP contribution in [0.15, 0.2) is 5.18 Å². The second-order valence-electron chi connectivity index (χ2n) is 3.14. The highest BCUT2D eigenvalue weighted by Gasteiger charge is 2.12. The van der Waals surface area contributed by atoms with Gasteiger partial charge >= 0.3 is 0 Å². The largest absolute Gasteiger partial charge is 0.368 e. The maximum Gasteiger partial charge on any atom is 0.156 e. The van der Waals surface area contributed by atoms with E-state index in [0.717, 1.165) is 0 Å². The smallest absolute Gasteiger partial charge is 0.156 e. The molecule has 0 heterocycles. The van der Waals surface area contributed by atoms with Crippen molar-refractivity contribution in [3.8, 4) is 0 Å². The van der Waals surface area contributed by atoms with Crippen molar-refractivity contribution >= 4 is 0 Å². The van der Waals surface area contributed by atoms with Gasteiger partial charge in [0.25, 0.3) is 0 Å². The standard InChI is InChI=1S/C8H17NO3/c1-4-7(9-11)5-12-8(10)6(2)3/h6-8,10H,4-5H2,1-3H3. The highest BCUT2D eigenvalue weighted by Crippen LogP contribution is 2.05. The Morgan fingerprint density at radius 1 is 1.50 bits per heavy atom. The van der Waals surface area contributed by atoms with Crippen LogP contribution in [-0.2, 0) is 4.74 Å². The number of hydrogen-bond acceptors (Lipinski definition) is 4. The highest BCUT2D eigenvalue weighted by atomic mass is 16.6. The lowest BCUT2D eigenvalue weighted by molar-refractivity contribution is -0.129. The number of aliphatic hydroxyl groups is 1. The summed E-state index contributed by atoms with van der Waals surface area (Å²) in [5.41, 5.74) is 0. The van der Waals surface area contributed by atoms with Crippen LogP contribution in [0.5, 0.6) is 0 Å². The van der Waals surface area contributed by atoms with Crippen LogP contribution < -0.4 is 0 Å². The molecule has 12 heavy (non-hydrogen) atoms. The third kappa shape index (κ3) is 4.41. The Hall–Kier alpha value is -0.480. The van der Waals surface area contributed by atoms with Gasteiger partial charge in [-0.05, 0) is 6.42 Å². The second kappa shape index (κ2) is 6.08. The summed E-state index contributed by atoms with van der Waals surface area (Å²) in [6, 6.07) is -0.335. The number of nitrogens with zero attached hydrogens (tertiary/aromatic N) is 1. The van der Waals surface area contributed by atoms with E-state index in [1.54, 1.807) is 0 Å². The van der Waals surface area contributed by atoms with Gasteiger partial charge in [0.2, 0.25) is 0 Å². The summed E-state index contributed by atoms with van der Waals surface area (Å²) in [7, 11) is 0. The second-order valence-corrected chi connectivity index (χ2v) is 3.14. The predicted molar refractivity (Wildman–Crippen MR) is 46.7 cm³/mol. The zero-order chi connectivity index (χ0) is 9.56. The van der Waals surface area contributed by atoms with Crippen LogP contribution in [0.25, 0.3) is 0 Å². The molecular weight excluding hydrogens is 158 g/mol. The minimum atomic E-state index is -0.791. The molecule has 0 aromatic heterocycles. The molecule has 0 radical (unpaired) electrons. The van der Waals surface area contributed by atoms with E-state index in [9.17, 15) is 10.0 Å². The number of ether oxygens (including phenoxy) is 1. The van der Waals surface area contributed by atoms with Crippen molar-refractivity contribution in [1.29, 1.82) is 0 Å². The van der Waals surface area contributed by atoms with E-state index >= 15 is 0 Å². The van der Waals surface area contributed by atoms with E-state index in [-0.39, 0.29) is 18.6 Å². The summed E-state index contributed by atoms with van der Waals surface area (Å²) in [5, 5.41) is 12.1. The minimum absolute atomic E-state index is 0.0501. The molecule has 0 aliphatic rings. The summed E-state index contributed by atoms with van der Waals surface area (Å²) < 4.78 is 5.01. The average Bonchev–Trinajstić information content (AvgIpc) is 2.05. The molecule has 2 atom stereocenters. The lowest BCUT2D eigenvalue weighted by Crippen LogP contribution is -2.23. The molecular formula is C8H17NO3. The zero-order valence-corrected chi connectivity index (χ0v) is 7.86. The topological polar surface area (TPSA) is 58.9 Å². The van der Waals surface area contributed by atoms with Crippen molar-refractivity contribution in [2.45, 2.75) is 39.5 Å². The van der Waals surface area contributed by atoms with Crippen molar-refractivity contribution < 1.29 is 9.84 Å². The molecule has 4 nitrogen and oxygen atoms in total. The van der Waals surface area contributed by atoms with Gasteiger partial charge in [-0.25, -0.2) is 0 Å². The first-order chi connectivity index (χ1) is 5.61. The molecule has 0 saturated carbocycles. The first-order valence-corrected chi connectivity index (χ1v) is 4.23. The van der Waals surface area contributed by atoms with E-state index in [0.29, 0.717) is 6.42 Å². The van der Waals surface area contributed by atoms with Gasteiger partial charge in [-0.3, -0.25) is 0 Å². The van der Waals surface area contributed by atoms with Crippen LogP contribution in [0.4, 0.5) is 0 Å². The summed E-state index contributed by atoms with van der Waals surface area (Å²) in [5.74, 6) is 0.0501. The lowest BCUT2D eigenvalue weighted by atomic mass is 10.2. The molecule has 2 unspecified atom stereocenters. The van der Waals surface area contributed by atoms with E-state index in [1.807, 2.05) is 20.8 Å². The molecule has 0 aliphatic heterocycles. The fourth-order valence-corrected chi connectivity index (χ4v) is 0.625. The number of hydrogen-bond donors (Lipinski definition) is 1. The van der Waals surface area contributed by atoms with Crippen LogP contribution in [-0.4, -0.2) is 24.0 Å². The van der Waals surface area contributed by atoms with Crippen LogP contribution in [0.3, 0.4) is 0 Å². The fourth-order valence-electron chi connectivity index (χ4n) is 0.625. The maximum absolute atomic E-state index is 10.1. The SMILES string of the molecule is CCC(COC(O)C(C)C)N=O. The Balaban J connectivity index is 3.58. The van der Waals surface area contributed by atoms with Crippen LogP contribution >= 0.6 is 0 Å². The maximum atomic E-state index is 10.1. The van der Waals surface area contributed by atoms with Crippen molar-refractivity contribution in [2.24, 2.45) is 11.1 Å². The van der Waals surface area contributed by atoms with E-state index in [4.69, 9.17) is 4.74 Å². The summed E-state index contributed by atoms with van der Waals surface area (Å²) in [6.07, 6.45) is -0.144. The molecule has 0 saturated heterocycles. The summed E-state index contributed by atoms with van der Waals surface area (Å²) in [6.45, 7) is 5.76. The monoisotopic (exact) mass is 175 g/mol. The van der Waals surface area contributed by atoms with Crippen molar-refractivity contribution in [1.82, 2.24) is 0 Å². The van der Waals surface area contributed by atoms with E-state index in [2.05, 4.69) is 5.18 Å². The molecule has 4 heteroatoms. The van der Waals surface area contributed by atoms with Crippen LogP contribution in [0.2, 0.25) is 0 Å². The Morgan fingerprint density at radius 3 is 2.42 bits per heavy atom. The van der Waals surface area contributed by atoms with Gasteiger partial charge in [0.05, 0.1) is 6.61 Å². The molecule has 0 rings (SSSR count). The predicted octanol–water partition coefficient (Wildman–Crippen LogP) is 1.52. The van der Waals surface area contributed by atoms with Gasteiger partial charge in [0.15, 0.2) is 6.29 Å². The number of aliphatic hydroxyl groups excluding tert-OH is 1. The highest BCUT2D eigenvalue weighted by molar-refractivity contribution is 4.62. The molecule has 0 aromatic rings. The Bertz CT molecular complexity index is 127. The van der Waals surface area contributed by atoms with Crippen molar-refractivity contribution in [2.75, 3.05) is 6.61 Å². The normalized spacial score (nSPS) is 16.1. The molecule has 0 bridgehead atoms. The molecule has 0 aromatic carbocycles. The fraction of sp³-hybridized carbons (Fsp3) is 1.00. The molecule has 0 spiro atoms. The van der Waals surface area contributed by atoms with Gasteiger partial charge in [0.1, 0.15) is 6.04 Å². The lowest BCUT2D eigenvalue weighted by Gasteiger charge is -2.16. The van der Waals surface area contributed by atoms with Gasteiger partial charge in [0, 0.05) is 5.92 Å². The first kappa shape index (κ1) is 11.5. The molecule has 0 aliphatic carbocycles. The first-order valence-electron chi connectivity index (χ1n) is 4.23. The molecule has 0 fully saturated rings. The summed E-state index contributed by atoms with van der Waals surface area (Å²) in [4.78, 5) is 10.1. The van der Waals surface area contributed by atoms with Crippen molar-refractivity contribution in [3.05, 3.63) is 4.91 Å². The third-order valence-electron chi connectivity index (χ3n) is 1.65. The van der Waals surface area contributed by atoms with E-state index < -0.39 is 6.29 Å². The van der Waals surface area contributed by atoms with Crippen LogP contribution in [0, 0.1) is 10.8 Å². The Morgan fingerprint density at radius 2 is 2.08 bits per heavy atom. The number of nitroso groups, excluding NO2 is 1. The van der Waals surface area contributed by atoms with Crippen LogP contribution in [0.1, 0.15) is 27.2 Å². The number of rotatable bonds is 6. The third-order valence-corrected chi connectivity index (χ3v) is 1.65. The van der Waals surface area contributed by atoms with Gasteiger partial charge in [-0.1, -0.05) is 25.9 Å². The molecule has 0 amide bonds. The Kier molecular flexibility index (Phi) is 5.84. The Labute approximate surface area is 72.9 Å². The van der Waals surface area contributed by atoms with Gasteiger partial charge < -0.3 is 9.84 Å². The minimum Gasteiger partial charge on any atom is -0.368 e. The van der Waals surface area contributed by atoms with E-state index in [1.165, 1.54) is 0 Å². The molecule has 72 valence electrons. The summed E-state index contributed by atoms with van der Waals surface area (Å²) >= 11 is 0. The van der Waals surface area contributed by atoms with Gasteiger partial charge in [-0.2, -0.15) is 4.91 Å². The quantitative estimate of drug-likeness (QED) is 0.492.